The number of nitrogens with zero attached hydrogens (tertiary/aromatic N) is 1. The second-order valence-electron chi connectivity index (χ2n) is 11.0. The third kappa shape index (κ3) is 3.09. The number of likely N-dealkylation sites (tertiary alicyclic amines) is 1. The minimum atomic E-state index is -1.28. The van der Waals surface area contributed by atoms with Crippen molar-refractivity contribution in [3.05, 3.63) is 100 Å². The maximum Gasteiger partial charge on any atom is 0.247 e. The number of benzene rings is 3. The van der Waals surface area contributed by atoms with Crippen LogP contribution >= 0.6 is 23.2 Å². The quantitative estimate of drug-likeness (QED) is 0.329. The highest BCUT2D eigenvalue weighted by Crippen LogP contribution is 2.69. The van der Waals surface area contributed by atoms with Crippen LogP contribution in [-0.2, 0) is 24.1 Å². The first-order valence-electron chi connectivity index (χ1n) is 12.9. The summed E-state index contributed by atoms with van der Waals surface area (Å²) in [4.78, 5) is 40.9. The van der Waals surface area contributed by atoms with E-state index in [-0.39, 0.29) is 5.92 Å². The van der Waals surface area contributed by atoms with Gasteiger partial charge in [0.2, 0.25) is 17.7 Å². The van der Waals surface area contributed by atoms with Crippen LogP contribution in [0.3, 0.4) is 0 Å². The zero-order chi connectivity index (χ0) is 27.1. The van der Waals surface area contributed by atoms with Gasteiger partial charge in [0, 0.05) is 5.69 Å². The highest BCUT2D eigenvalue weighted by Gasteiger charge is 2.73. The lowest BCUT2D eigenvalue weighted by atomic mass is 9.54. The Morgan fingerprint density at radius 2 is 1.24 bits per heavy atom. The fraction of sp³-hybridized carbons (Fsp3) is 0.323. The summed E-state index contributed by atoms with van der Waals surface area (Å²) in [6.45, 7) is 7.62. The van der Waals surface area contributed by atoms with Gasteiger partial charge in [0.25, 0.3) is 0 Å². The average Bonchev–Trinajstić information content (AvgIpc) is 3.16. The average molecular weight is 547 g/mol. The van der Waals surface area contributed by atoms with Gasteiger partial charge in [-0.05, 0) is 65.3 Å². The van der Waals surface area contributed by atoms with Crippen molar-refractivity contribution in [3.63, 3.8) is 0 Å². The number of alkyl halides is 2. The number of aryl methyl sites for hydroxylation is 2. The summed E-state index contributed by atoms with van der Waals surface area (Å²) >= 11 is 15.0. The number of rotatable bonds is 4. The summed E-state index contributed by atoms with van der Waals surface area (Å²) in [5, 5.41) is 2.93. The predicted molar refractivity (Wildman–Crippen MR) is 148 cm³/mol. The number of nitrogens with one attached hydrogen (secondary N) is 1. The number of carbonyl (C=O) groups excluding carboxylic acids is 3. The Morgan fingerprint density at radius 3 is 1.63 bits per heavy atom. The third-order valence-corrected chi connectivity index (χ3v) is 9.86. The summed E-state index contributed by atoms with van der Waals surface area (Å²) in [5.41, 5.74) is 5.69. The van der Waals surface area contributed by atoms with Crippen LogP contribution in [0.25, 0.3) is 0 Å². The van der Waals surface area contributed by atoms with Gasteiger partial charge in [-0.3, -0.25) is 19.3 Å². The molecule has 1 saturated heterocycles. The topological polar surface area (TPSA) is 66.5 Å². The summed E-state index contributed by atoms with van der Waals surface area (Å²) in [5.74, 6) is -3.55. The van der Waals surface area contributed by atoms with Gasteiger partial charge in [-0.1, -0.05) is 68.4 Å². The van der Waals surface area contributed by atoms with E-state index in [4.69, 9.17) is 23.2 Å². The van der Waals surface area contributed by atoms with Crippen molar-refractivity contribution in [2.24, 2.45) is 17.8 Å². The van der Waals surface area contributed by atoms with Crippen molar-refractivity contribution in [2.45, 2.75) is 43.5 Å². The Labute approximate surface area is 232 Å². The lowest BCUT2D eigenvalue weighted by Gasteiger charge is -2.54. The first-order valence-corrected chi connectivity index (χ1v) is 13.6. The molecule has 0 aromatic heterocycles. The van der Waals surface area contributed by atoms with Crippen LogP contribution in [-0.4, -0.2) is 28.7 Å². The zero-order valence-corrected chi connectivity index (χ0v) is 23.1. The van der Waals surface area contributed by atoms with Crippen LogP contribution in [0.4, 0.5) is 5.69 Å². The summed E-state index contributed by atoms with van der Waals surface area (Å²) in [6.07, 6.45) is 0. The fourth-order valence-corrected chi connectivity index (χ4v) is 7.81. The van der Waals surface area contributed by atoms with Crippen LogP contribution in [0.2, 0.25) is 0 Å². The number of halogens is 2. The van der Waals surface area contributed by atoms with Crippen molar-refractivity contribution in [2.75, 3.05) is 5.32 Å². The highest BCUT2D eigenvalue weighted by atomic mass is 35.5. The highest BCUT2D eigenvalue weighted by molar-refractivity contribution is 6.36. The molecule has 194 valence electrons. The fourth-order valence-electron chi connectivity index (χ4n) is 6.72. The number of amides is 3. The van der Waals surface area contributed by atoms with E-state index in [2.05, 4.69) is 5.32 Å². The van der Waals surface area contributed by atoms with Gasteiger partial charge >= 0.3 is 0 Å². The van der Waals surface area contributed by atoms with Gasteiger partial charge < -0.3 is 5.32 Å². The van der Waals surface area contributed by atoms with E-state index in [1.807, 2.05) is 94.4 Å². The van der Waals surface area contributed by atoms with Crippen molar-refractivity contribution in [3.8, 4) is 0 Å². The Bertz CT molecular complexity index is 1410. The van der Waals surface area contributed by atoms with E-state index < -0.39 is 45.3 Å². The van der Waals surface area contributed by atoms with E-state index in [1.165, 1.54) is 0 Å². The predicted octanol–water partition coefficient (Wildman–Crippen LogP) is 5.86. The molecule has 3 amide bonds. The Hall–Kier alpha value is -3.15. The zero-order valence-electron chi connectivity index (χ0n) is 21.6. The number of anilines is 1. The Kier molecular flexibility index (Phi) is 5.57. The largest absolute Gasteiger partial charge is 0.324 e. The molecule has 1 heterocycles. The van der Waals surface area contributed by atoms with Crippen LogP contribution in [0.1, 0.15) is 47.2 Å². The number of carbonyl (C=O) groups is 3. The minimum absolute atomic E-state index is 0.338. The van der Waals surface area contributed by atoms with E-state index >= 15 is 0 Å². The summed E-state index contributed by atoms with van der Waals surface area (Å²) < 4.78 is 0. The molecule has 3 aromatic rings. The minimum Gasteiger partial charge on any atom is -0.324 e. The lowest BCUT2D eigenvalue weighted by molar-refractivity contribution is -0.148. The molecule has 3 aliphatic carbocycles. The van der Waals surface area contributed by atoms with Crippen molar-refractivity contribution >= 4 is 46.6 Å². The molecule has 3 aromatic carbocycles. The molecular formula is C31H28Cl2N2O3. The first kappa shape index (κ1) is 25.1. The normalized spacial score (nSPS) is 27.7. The molecule has 0 saturated carbocycles. The molecule has 7 rings (SSSR count). The van der Waals surface area contributed by atoms with Crippen LogP contribution in [0.5, 0.6) is 0 Å². The Morgan fingerprint density at radius 1 is 0.789 bits per heavy atom. The van der Waals surface area contributed by atoms with E-state index in [0.717, 1.165) is 38.3 Å². The molecule has 38 heavy (non-hydrogen) atoms. The molecule has 3 atom stereocenters. The SMILES string of the molecule is Cc1ccc(NC(=O)[C@H](C(C)C)N2C(=O)[C@H]3[C@H](C2=O)C2(Cl)c4ccccc4C3(Cl)c3ccccc32)cc1C. The number of hydrogen-bond acceptors (Lipinski definition) is 3. The van der Waals surface area contributed by atoms with Crippen LogP contribution in [0.15, 0.2) is 66.7 Å². The smallest absolute Gasteiger partial charge is 0.247 e. The molecule has 0 radical (unpaired) electrons. The molecule has 1 N–H and O–H groups in total. The molecule has 0 spiro atoms. The monoisotopic (exact) mass is 546 g/mol. The van der Waals surface area contributed by atoms with Crippen molar-refractivity contribution in [1.29, 1.82) is 0 Å². The maximum atomic E-state index is 14.3. The van der Waals surface area contributed by atoms with Gasteiger partial charge in [0.15, 0.2) is 0 Å². The molecule has 1 aliphatic heterocycles. The number of imide groups is 1. The second kappa shape index (κ2) is 8.42. The van der Waals surface area contributed by atoms with Crippen molar-refractivity contribution < 1.29 is 14.4 Å². The second-order valence-corrected chi connectivity index (χ2v) is 12.2. The first-order chi connectivity index (χ1) is 18.0. The molecular weight excluding hydrogens is 519 g/mol. The lowest BCUT2D eigenvalue weighted by Crippen LogP contribution is -2.57. The molecule has 0 unspecified atom stereocenters. The van der Waals surface area contributed by atoms with Crippen LogP contribution in [0, 0.1) is 31.6 Å². The van der Waals surface area contributed by atoms with Gasteiger partial charge in [-0.2, -0.15) is 0 Å². The molecule has 4 aliphatic rings. The number of hydrogen-bond donors (Lipinski definition) is 1. The van der Waals surface area contributed by atoms with E-state index in [1.54, 1.807) is 0 Å². The van der Waals surface area contributed by atoms with Gasteiger partial charge in [0.1, 0.15) is 15.8 Å². The summed E-state index contributed by atoms with van der Waals surface area (Å²) in [6, 6.07) is 19.6. The standard InChI is InChI=1S/C31H28Cl2N2O3/c1-16(2)26(27(36)34-19-14-13-17(3)18(4)15-19)35-28(37)24-25(29(35)38)31(33)21-10-6-5-9-20(21)30(24,32)22-11-7-8-12-23(22)31/h5-16,24-26H,1-4H3,(H,34,36)/t24-,25-,26+,30?,31?/m1/s1. The summed E-state index contributed by atoms with van der Waals surface area (Å²) in [7, 11) is 0. The molecule has 5 nitrogen and oxygen atoms in total. The van der Waals surface area contributed by atoms with Gasteiger partial charge in [-0.25, -0.2) is 0 Å². The Balaban J connectivity index is 1.47. The van der Waals surface area contributed by atoms with Crippen molar-refractivity contribution in [1.82, 2.24) is 4.90 Å². The van der Waals surface area contributed by atoms with Crippen LogP contribution < -0.4 is 5.32 Å². The molecule has 7 heteroatoms. The van der Waals surface area contributed by atoms with Gasteiger partial charge in [-0.15, -0.1) is 23.2 Å². The molecule has 2 bridgehead atoms. The van der Waals surface area contributed by atoms with E-state index in [9.17, 15) is 14.4 Å². The van der Waals surface area contributed by atoms with Gasteiger partial charge in [0.05, 0.1) is 11.8 Å². The molecule has 1 fully saturated rings. The van der Waals surface area contributed by atoms with E-state index in [0.29, 0.717) is 5.69 Å². The third-order valence-electron chi connectivity index (χ3n) is 8.57. The maximum absolute atomic E-state index is 14.3.